The molecule has 4 nitrogen and oxygen atoms in total. The van der Waals surface area contributed by atoms with Crippen LogP contribution in [-0.4, -0.2) is 48.8 Å². The number of carbonyl (C=O) groups is 1. The zero-order valence-corrected chi connectivity index (χ0v) is 9.88. The SMILES string of the molecule is CC(F)(F)CC(=O)N1CCCC2(C1)OCCO2. The van der Waals surface area contributed by atoms with Gasteiger partial charge in [-0.15, -0.1) is 0 Å². The molecule has 1 amide bonds. The van der Waals surface area contributed by atoms with Crippen molar-refractivity contribution in [3.05, 3.63) is 0 Å². The van der Waals surface area contributed by atoms with Gasteiger partial charge >= 0.3 is 0 Å². The Morgan fingerprint density at radius 1 is 1.41 bits per heavy atom. The van der Waals surface area contributed by atoms with E-state index in [1.165, 1.54) is 4.90 Å². The lowest BCUT2D eigenvalue weighted by Gasteiger charge is -2.38. The molecule has 2 rings (SSSR count). The van der Waals surface area contributed by atoms with E-state index in [4.69, 9.17) is 9.47 Å². The molecule has 98 valence electrons. The summed E-state index contributed by atoms with van der Waals surface area (Å²) in [5, 5.41) is 0. The quantitative estimate of drug-likeness (QED) is 0.742. The number of halogens is 2. The normalized spacial score (nSPS) is 24.3. The molecular formula is C11H17F2NO3. The van der Waals surface area contributed by atoms with Crippen molar-refractivity contribution in [3.8, 4) is 0 Å². The highest BCUT2D eigenvalue weighted by atomic mass is 19.3. The van der Waals surface area contributed by atoms with Crippen LogP contribution in [0, 0.1) is 0 Å². The Morgan fingerprint density at radius 3 is 2.65 bits per heavy atom. The highest BCUT2D eigenvalue weighted by Crippen LogP contribution is 2.31. The zero-order chi connectivity index (χ0) is 12.5. The predicted octanol–water partition coefficient (Wildman–Crippen LogP) is 1.40. The molecule has 0 aliphatic carbocycles. The average Bonchev–Trinajstić information content (AvgIpc) is 2.64. The lowest BCUT2D eigenvalue weighted by molar-refractivity contribution is -0.194. The summed E-state index contributed by atoms with van der Waals surface area (Å²) in [5.74, 6) is -4.23. The van der Waals surface area contributed by atoms with E-state index in [9.17, 15) is 13.6 Å². The number of amides is 1. The van der Waals surface area contributed by atoms with Crippen LogP contribution < -0.4 is 0 Å². The van der Waals surface area contributed by atoms with E-state index in [0.29, 0.717) is 19.8 Å². The van der Waals surface area contributed by atoms with E-state index >= 15 is 0 Å². The number of rotatable bonds is 2. The van der Waals surface area contributed by atoms with Crippen LogP contribution in [0.3, 0.4) is 0 Å². The maximum atomic E-state index is 12.8. The lowest BCUT2D eigenvalue weighted by atomic mass is 10.0. The largest absolute Gasteiger partial charge is 0.346 e. The van der Waals surface area contributed by atoms with Gasteiger partial charge in [0.05, 0.1) is 26.2 Å². The third-order valence-corrected chi connectivity index (χ3v) is 3.05. The maximum Gasteiger partial charge on any atom is 0.254 e. The molecule has 0 aromatic carbocycles. The van der Waals surface area contributed by atoms with Crippen LogP contribution in [0.5, 0.6) is 0 Å². The molecule has 0 aromatic heterocycles. The molecule has 17 heavy (non-hydrogen) atoms. The predicted molar refractivity (Wildman–Crippen MR) is 55.7 cm³/mol. The summed E-state index contributed by atoms with van der Waals surface area (Å²) in [6.45, 7) is 2.54. The molecule has 2 aliphatic rings. The molecule has 1 spiro atoms. The van der Waals surface area contributed by atoms with Gasteiger partial charge in [0, 0.05) is 13.0 Å². The molecule has 2 saturated heterocycles. The van der Waals surface area contributed by atoms with Crippen LogP contribution >= 0.6 is 0 Å². The van der Waals surface area contributed by atoms with Crippen LogP contribution in [0.25, 0.3) is 0 Å². The number of nitrogens with zero attached hydrogens (tertiary/aromatic N) is 1. The summed E-state index contributed by atoms with van der Waals surface area (Å²) >= 11 is 0. The molecule has 0 bridgehead atoms. The first-order chi connectivity index (χ1) is 7.90. The van der Waals surface area contributed by atoms with E-state index in [0.717, 1.165) is 19.8 Å². The molecule has 0 unspecified atom stereocenters. The summed E-state index contributed by atoms with van der Waals surface area (Å²) in [6.07, 6.45) is 0.698. The van der Waals surface area contributed by atoms with Crippen molar-refractivity contribution in [2.75, 3.05) is 26.3 Å². The van der Waals surface area contributed by atoms with Crippen LogP contribution in [-0.2, 0) is 14.3 Å². The molecule has 2 fully saturated rings. The second kappa shape index (κ2) is 4.49. The van der Waals surface area contributed by atoms with E-state index in [1.54, 1.807) is 0 Å². The average molecular weight is 249 g/mol. The molecule has 2 heterocycles. The Labute approximate surface area is 98.9 Å². The Morgan fingerprint density at radius 2 is 2.06 bits per heavy atom. The first-order valence-corrected chi connectivity index (χ1v) is 5.84. The minimum Gasteiger partial charge on any atom is -0.346 e. The standard InChI is InChI=1S/C11H17F2NO3/c1-10(12,13)7-9(15)14-4-2-3-11(8-14)16-5-6-17-11/h2-8H2,1H3. The Bertz CT molecular complexity index is 298. The summed E-state index contributed by atoms with van der Waals surface area (Å²) in [7, 11) is 0. The molecule has 0 saturated carbocycles. The van der Waals surface area contributed by atoms with Gasteiger partial charge in [-0.25, -0.2) is 8.78 Å². The number of alkyl halides is 2. The number of likely N-dealkylation sites (tertiary alicyclic amines) is 1. The molecule has 0 radical (unpaired) electrons. The fourth-order valence-electron chi connectivity index (χ4n) is 2.31. The van der Waals surface area contributed by atoms with Gasteiger partial charge in [0.15, 0.2) is 5.79 Å². The molecule has 0 aromatic rings. The van der Waals surface area contributed by atoms with Gasteiger partial charge in [-0.2, -0.15) is 0 Å². The number of carbonyl (C=O) groups excluding carboxylic acids is 1. The number of piperidine rings is 1. The van der Waals surface area contributed by atoms with Gasteiger partial charge in [0.2, 0.25) is 5.91 Å². The Kier molecular flexibility index (Phi) is 3.36. The van der Waals surface area contributed by atoms with Crippen molar-refractivity contribution in [3.63, 3.8) is 0 Å². The topological polar surface area (TPSA) is 38.8 Å². The molecule has 0 atom stereocenters. The molecule has 6 heteroatoms. The number of hydrogen-bond donors (Lipinski definition) is 0. The highest BCUT2D eigenvalue weighted by Gasteiger charge is 2.43. The minimum atomic E-state index is -2.96. The Hall–Kier alpha value is -0.750. The van der Waals surface area contributed by atoms with Crippen molar-refractivity contribution in [2.24, 2.45) is 0 Å². The minimum absolute atomic E-state index is 0.266. The van der Waals surface area contributed by atoms with Gasteiger partial charge in [0.25, 0.3) is 5.92 Å². The number of ether oxygens (including phenoxy) is 2. The van der Waals surface area contributed by atoms with Gasteiger partial charge in [-0.1, -0.05) is 0 Å². The monoisotopic (exact) mass is 249 g/mol. The van der Waals surface area contributed by atoms with Gasteiger partial charge in [-0.05, 0) is 13.3 Å². The number of hydrogen-bond acceptors (Lipinski definition) is 3. The summed E-state index contributed by atoms with van der Waals surface area (Å²) in [4.78, 5) is 13.1. The van der Waals surface area contributed by atoms with Crippen molar-refractivity contribution >= 4 is 5.91 Å². The van der Waals surface area contributed by atoms with Gasteiger partial charge in [0.1, 0.15) is 0 Å². The highest BCUT2D eigenvalue weighted by molar-refractivity contribution is 5.77. The molecular weight excluding hydrogens is 232 g/mol. The summed E-state index contributed by atoms with van der Waals surface area (Å²) < 4.78 is 36.5. The fourth-order valence-corrected chi connectivity index (χ4v) is 2.31. The van der Waals surface area contributed by atoms with Crippen LogP contribution in [0.15, 0.2) is 0 Å². The van der Waals surface area contributed by atoms with Crippen molar-refractivity contribution in [1.82, 2.24) is 4.90 Å². The van der Waals surface area contributed by atoms with Gasteiger partial charge < -0.3 is 14.4 Å². The van der Waals surface area contributed by atoms with E-state index in [1.807, 2.05) is 0 Å². The van der Waals surface area contributed by atoms with Crippen molar-refractivity contribution in [1.29, 1.82) is 0 Å². The first kappa shape index (κ1) is 12.7. The van der Waals surface area contributed by atoms with Gasteiger partial charge in [-0.3, -0.25) is 4.79 Å². The fraction of sp³-hybridized carbons (Fsp3) is 0.909. The summed E-state index contributed by atoms with van der Waals surface area (Å²) in [6, 6.07) is 0. The lowest BCUT2D eigenvalue weighted by Crippen LogP contribution is -2.51. The van der Waals surface area contributed by atoms with Crippen LogP contribution in [0.1, 0.15) is 26.2 Å². The first-order valence-electron chi connectivity index (χ1n) is 5.84. The third-order valence-electron chi connectivity index (χ3n) is 3.05. The maximum absolute atomic E-state index is 12.8. The third kappa shape index (κ3) is 3.13. The Balaban J connectivity index is 1.95. The molecule has 0 N–H and O–H groups in total. The van der Waals surface area contributed by atoms with Crippen molar-refractivity contribution < 1.29 is 23.0 Å². The van der Waals surface area contributed by atoms with E-state index in [-0.39, 0.29) is 6.54 Å². The second-order valence-corrected chi connectivity index (χ2v) is 4.77. The van der Waals surface area contributed by atoms with Crippen LogP contribution in [0.4, 0.5) is 8.78 Å². The summed E-state index contributed by atoms with van der Waals surface area (Å²) in [5.41, 5.74) is 0. The van der Waals surface area contributed by atoms with Crippen molar-refractivity contribution in [2.45, 2.75) is 37.9 Å². The smallest absolute Gasteiger partial charge is 0.254 e. The van der Waals surface area contributed by atoms with E-state index < -0.39 is 24.0 Å². The zero-order valence-electron chi connectivity index (χ0n) is 9.88. The second-order valence-electron chi connectivity index (χ2n) is 4.77. The van der Waals surface area contributed by atoms with E-state index in [2.05, 4.69) is 0 Å². The molecule has 2 aliphatic heterocycles. The van der Waals surface area contributed by atoms with Crippen LogP contribution in [0.2, 0.25) is 0 Å².